The molecule has 0 bridgehead atoms. The smallest absolute Gasteiger partial charge is 0.255 e. The molecule has 1 aromatic heterocycles. The van der Waals surface area contributed by atoms with Crippen molar-refractivity contribution in [2.45, 2.75) is 45.6 Å². The number of para-hydroxylation sites is 1. The van der Waals surface area contributed by atoms with Crippen molar-refractivity contribution in [1.82, 2.24) is 20.0 Å². The number of hydrogen-bond donors (Lipinski definition) is 1. The van der Waals surface area contributed by atoms with Gasteiger partial charge >= 0.3 is 0 Å². The van der Waals surface area contributed by atoms with Gasteiger partial charge in [0.1, 0.15) is 0 Å². The van der Waals surface area contributed by atoms with E-state index in [-0.39, 0.29) is 23.8 Å². The number of benzene rings is 1. The van der Waals surface area contributed by atoms with E-state index in [9.17, 15) is 9.59 Å². The highest BCUT2D eigenvalue weighted by molar-refractivity contribution is 6.32. The standard InChI is InChI=1S/C20H25ClN4O2/c1-13(2)19-15(11-22-25(19)17-8-5-4-7-16(17)21)20(27)23-14(3)12-24-10-6-9-18(24)26/h4-5,7-8,11,13-14H,6,9-10,12H2,1-3H3,(H,23,27). The van der Waals surface area contributed by atoms with Gasteiger partial charge in [-0.2, -0.15) is 5.10 Å². The van der Waals surface area contributed by atoms with E-state index < -0.39 is 0 Å². The summed E-state index contributed by atoms with van der Waals surface area (Å²) in [6.45, 7) is 7.25. The van der Waals surface area contributed by atoms with Gasteiger partial charge in [-0.25, -0.2) is 4.68 Å². The summed E-state index contributed by atoms with van der Waals surface area (Å²) in [6.07, 6.45) is 3.08. The monoisotopic (exact) mass is 388 g/mol. The number of carbonyl (C=O) groups excluding carboxylic acids is 2. The molecule has 1 aromatic carbocycles. The summed E-state index contributed by atoms with van der Waals surface area (Å²) in [4.78, 5) is 26.5. The van der Waals surface area contributed by atoms with Gasteiger partial charge in [0.15, 0.2) is 0 Å². The zero-order chi connectivity index (χ0) is 19.6. The molecule has 3 rings (SSSR count). The van der Waals surface area contributed by atoms with Crippen LogP contribution in [0.1, 0.15) is 55.6 Å². The summed E-state index contributed by atoms with van der Waals surface area (Å²) in [6, 6.07) is 7.30. The maximum Gasteiger partial charge on any atom is 0.255 e. The van der Waals surface area contributed by atoms with Crippen molar-refractivity contribution >= 4 is 23.4 Å². The molecule has 1 fully saturated rings. The Labute approximate surface area is 164 Å². The molecule has 6 nitrogen and oxygen atoms in total. The van der Waals surface area contributed by atoms with E-state index in [2.05, 4.69) is 10.4 Å². The lowest BCUT2D eigenvalue weighted by molar-refractivity contribution is -0.127. The molecule has 1 aliphatic heterocycles. The van der Waals surface area contributed by atoms with Crippen LogP contribution in [-0.2, 0) is 4.79 Å². The number of amides is 2. The molecule has 0 aliphatic carbocycles. The van der Waals surface area contributed by atoms with Crippen LogP contribution in [0.2, 0.25) is 5.02 Å². The first kappa shape index (κ1) is 19.4. The Kier molecular flexibility index (Phi) is 5.85. The molecule has 1 atom stereocenters. The van der Waals surface area contributed by atoms with Crippen LogP contribution in [0.4, 0.5) is 0 Å². The summed E-state index contributed by atoms with van der Waals surface area (Å²) >= 11 is 6.32. The van der Waals surface area contributed by atoms with Gasteiger partial charge in [0.2, 0.25) is 5.91 Å². The third kappa shape index (κ3) is 4.16. The van der Waals surface area contributed by atoms with Crippen LogP contribution < -0.4 is 5.32 Å². The topological polar surface area (TPSA) is 67.2 Å². The zero-order valence-electron chi connectivity index (χ0n) is 15.9. The predicted molar refractivity (Wildman–Crippen MR) is 105 cm³/mol. The van der Waals surface area contributed by atoms with Crippen molar-refractivity contribution < 1.29 is 9.59 Å². The fourth-order valence-corrected chi connectivity index (χ4v) is 3.69. The second-order valence-electron chi connectivity index (χ2n) is 7.28. The summed E-state index contributed by atoms with van der Waals surface area (Å²) in [5, 5.41) is 8.00. The van der Waals surface area contributed by atoms with Crippen LogP contribution in [0.15, 0.2) is 30.5 Å². The summed E-state index contributed by atoms with van der Waals surface area (Å²) in [5.41, 5.74) is 2.09. The van der Waals surface area contributed by atoms with E-state index in [1.807, 2.05) is 43.9 Å². The number of hydrogen-bond acceptors (Lipinski definition) is 3. The maximum absolute atomic E-state index is 12.9. The molecule has 1 saturated heterocycles. The quantitative estimate of drug-likeness (QED) is 0.824. The van der Waals surface area contributed by atoms with Gasteiger partial charge in [-0.3, -0.25) is 9.59 Å². The van der Waals surface area contributed by atoms with Gasteiger partial charge in [0.25, 0.3) is 5.91 Å². The molecular formula is C20H25ClN4O2. The molecule has 0 radical (unpaired) electrons. The fraction of sp³-hybridized carbons (Fsp3) is 0.450. The van der Waals surface area contributed by atoms with Gasteiger partial charge in [-0.15, -0.1) is 0 Å². The van der Waals surface area contributed by atoms with Gasteiger partial charge in [-0.1, -0.05) is 37.6 Å². The van der Waals surface area contributed by atoms with E-state index in [0.29, 0.717) is 23.6 Å². The van der Waals surface area contributed by atoms with Gasteiger partial charge in [0.05, 0.1) is 28.2 Å². The minimum absolute atomic E-state index is 0.0833. The minimum atomic E-state index is -0.184. The van der Waals surface area contributed by atoms with E-state index in [1.54, 1.807) is 16.9 Å². The van der Waals surface area contributed by atoms with Crippen LogP contribution in [0.3, 0.4) is 0 Å². The Hall–Kier alpha value is -2.34. The van der Waals surface area contributed by atoms with Crippen LogP contribution in [0.25, 0.3) is 5.69 Å². The minimum Gasteiger partial charge on any atom is -0.348 e. The van der Waals surface area contributed by atoms with E-state index in [0.717, 1.165) is 24.3 Å². The second-order valence-corrected chi connectivity index (χ2v) is 7.69. The van der Waals surface area contributed by atoms with Gasteiger partial charge in [-0.05, 0) is 31.4 Å². The van der Waals surface area contributed by atoms with Crippen molar-refractivity contribution in [2.75, 3.05) is 13.1 Å². The highest BCUT2D eigenvalue weighted by Gasteiger charge is 2.25. The summed E-state index contributed by atoms with van der Waals surface area (Å²) in [5.74, 6) is 0.0571. The molecule has 2 aromatic rings. The normalized spacial score (nSPS) is 15.4. The Morgan fingerprint density at radius 2 is 2.04 bits per heavy atom. The number of carbonyl (C=O) groups is 2. The lowest BCUT2D eigenvalue weighted by Gasteiger charge is -2.22. The maximum atomic E-state index is 12.9. The van der Waals surface area contributed by atoms with Crippen molar-refractivity contribution in [1.29, 1.82) is 0 Å². The SMILES string of the molecule is CC(CN1CCCC1=O)NC(=O)c1cnn(-c2ccccc2Cl)c1C(C)C. The van der Waals surface area contributed by atoms with Crippen LogP contribution >= 0.6 is 11.6 Å². The number of aromatic nitrogens is 2. The molecule has 2 heterocycles. The number of nitrogens with one attached hydrogen (secondary N) is 1. The van der Waals surface area contributed by atoms with Gasteiger partial charge < -0.3 is 10.2 Å². The van der Waals surface area contributed by atoms with Crippen molar-refractivity contribution in [2.24, 2.45) is 0 Å². The Morgan fingerprint density at radius 1 is 1.30 bits per heavy atom. The molecule has 1 N–H and O–H groups in total. The first-order chi connectivity index (χ1) is 12.9. The molecule has 1 unspecified atom stereocenters. The Bertz CT molecular complexity index is 846. The number of nitrogens with zero attached hydrogens (tertiary/aromatic N) is 3. The van der Waals surface area contributed by atoms with Crippen molar-refractivity contribution in [3.05, 3.63) is 46.7 Å². The lowest BCUT2D eigenvalue weighted by atomic mass is 10.0. The third-order valence-electron chi connectivity index (χ3n) is 4.72. The Morgan fingerprint density at radius 3 is 2.67 bits per heavy atom. The number of halogens is 1. The predicted octanol–water partition coefficient (Wildman–Crippen LogP) is 3.39. The molecule has 144 valence electrons. The lowest BCUT2D eigenvalue weighted by Crippen LogP contribution is -2.42. The van der Waals surface area contributed by atoms with Crippen LogP contribution in [-0.4, -0.2) is 45.6 Å². The molecule has 0 spiro atoms. The molecular weight excluding hydrogens is 364 g/mol. The van der Waals surface area contributed by atoms with Crippen LogP contribution in [0, 0.1) is 0 Å². The molecule has 2 amide bonds. The number of likely N-dealkylation sites (tertiary alicyclic amines) is 1. The Balaban J connectivity index is 1.80. The second kappa shape index (κ2) is 8.13. The summed E-state index contributed by atoms with van der Waals surface area (Å²) in [7, 11) is 0. The number of rotatable bonds is 6. The zero-order valence-corrected chi connectivity index (χ0v) is 16.7. The molecule has 27 heavy (non-hydrogen) atoms. The molecule has 0 saturated carbocycles. The van der Waals surface area contributed by atoms with E-state index >= 15 is 0 Å². The first-order valence-corrected chi connectivity index (χ1v) is 9.67. The highest BCUT2D eigenvalue weighted by Crippen LogP contribution is 2.27. The van der Waals surface area contributed by atoms with Crippen molar-refractivity contribution in [3.63, 3.8) is 0 Å². The van der Waals surface area contributed by atoms with Crippen LogP contribution in [0.5, 0.6) is 0 Å². The van der Waals surface area contributed by atoms with Gasteiger partial charge in [0, 0.05) is 25.6 Å². The molecule has 1 aliphatic rings. The van der Waals surface area contributed by atoms with E-state index in [4.69, 9.17) is 11.6 Å². The largest absolute Gasteiger partial charge is 0.348 e. The third-order valence-corrected chi connectivity index (χ3v) is 5.04. The average molecular weight is 389 g/mol. The van der Waals surface area contributed by atoms with E-state index in [1.165, 1.54) is 0 Å². The molecule has 7 heteroatoms. The van der Waals surface area contributed by atoms with Crippen molar-refractivity contribution in [3.8, 4) is 5.69 Å². The summed E-state index contributed by atoms with van der Waals surface area (Å²) < 4.78 is 1.73. The highest BCUT2D eigenvalue weighted by atomic mass is 35.5. The average Bonchev–Trinajstić information content (AvgIpc) is 3.22. The first-order valence-electron chi connectivity index (χ1n) is 9.30. The fourth-order valence-electron chi connectivity index (χ4n) is 3.48.